The lowest BCUT2D eigenvalue weighted by Gasteiger charge is -2.28. The maximum atomic E-state index is 4.85. The van der Waals surface area contributed by atoms with E-state index in [0.29, 0.717) is 0 Å². The maximum Gasteiger partial charge on any atom is 0.194 e. The quantitative estimate of drug-likeness (QED) is 0.645. The number of hydrogen-bond acceptors (Lipinski definition) is 2. The Kier molecular flexibility index (Phi) is 6.96. The molecule has 1 fully saturated rings. The van der Waals surface area contributed by atoms with Crippen LogP contribution in [0.5, 0.6) is 0 Å². The van der Waals surface area contributed by atoms with E-state index in [1.54, 1.807) is 0 Å². The van der Waals surface area contributed by atoms with E-state index in [1.807, 2.05) is 0 Å². The summed E-state index contributed by atoms with van der Waals surface area (Å²) in [7, 11) is 6.42. The first-order valence-corrected chi connectivity index (χ1v) is 8.88. The summed E-state index contributed by atoms with van der Waals surface area (Å²) >= 11 is 0. The molecule has 1 saturated heterocycles. The van der Waals surface area contributed by atoms with Crippen molar-refractivity contribution in [3.8, 4) is 0 Å². The second-order valence-electron chi connectivity index (χ2n) is 6.74. The molecule has 0 spiro atoms. The molecule has 2 rings (SSSR count). The van der Waals surface area contributed by atoms with E-state index >= 15 is 0 Å². The highest BCUT2D eigenvalue weighted by Gasteiger charge is 2.16. The zero-order valence-electron chi connectivity index (χ0n) is 15.3. The molecule has 0 atom stereocenters. The minimum absolute atomic E-state index is 0.844. The molecule has 1 N–H and O–H groups in total. The van der Waals surface area contributed by atoms with Gasteiger partial charge in [0.15, 0.2) is 5.96 Å². The molecule has 0 aliphatic carbocycles. The molecule has 0 radical (unpaired) electrons. The fourth-order valence-electron chi connectivity index (χ4n) is 3.15. The lowest BCUT2D eigenvalue weighted by atomic mass is 9.94. The number of guanidine groups is 1. The largest absolute Gasteiger partial charge is 0.357 e. The van der Waals surface area contributed by atoms with Gasteiger partial charge in [-0.3, -0.25) is 4.99 Å². The SMILES string of the molecule is CCNC(=NCCC1CCN(C)CC1)N(C)Cc1cccn1C. The molecular formula is C18H33N5. The second kappa shape index (κ2) is 8.96. The van der Waals surface area contributed by atoms with Crippen molar-refractivity contribution in [2.24, 2.45) is 18.0 Å². The molecule has 5 heteroatoms. The highest BCUT2D eigenvalue weighted by Crippen LogP contribution is 2.19. The summed E-state index contributed by atoms with van der Waals surface area (Å²) in [6.45, 7) is 7.31. The first-order chi connectivity index (χ1) is 11.1. The van der Waals surface area contributed by atoms with Crippen molar-refractivity contribution in [3.05, 3.63) is 24.0 Å². The Morgan fingerprint density at radius 3 is 2.70 bits per heavy atom. The average Bonchev–Trinajstić information content (AvgIpc) is 2.93. The molecule has 0 bridgehead atoms. The van der Waals surface area contributed by atoms with Gasteiger partial charge in [-0.15, -0.1) is 0 Å². The van der Waals surface area contributed by atoms with Gasteiger partial charge in [0, 0.05) is 39.1 Å². The Hall–Kier alpha value is -1.49. The third kappa shape index (κ3) is 5.57. The molecule has 0 amide bonds. The first-order valence-electron chi connectivity index (χ1n) is 8.88. The van der Waals surface area contributed by atoms with Gasteiger partial charge in [-0.2, -0.15) is 0 Å². The Morgan fingerprint density at radius 1 is 1.35 bits per heavy atom. The van der Waals surface area contributed by atoms with Crippen molar-refractivity contribution in [3.63, 3.8) is 0 Å². The van der Waals surface area contributed by atoms with Crippen molar-refractivity contribution >= 4 is 5.96 Å². The van der Waals surface area contributed by atoms with Gasteiger partial charge in [0.25, 0.3) is 0 Å². The molecule has 5 nitrogen and oxygen atoms in total. The van der Waals surface area contributed by atoms with Gasteiger partial charge in [-0.05, 0) is 64.4 Å². The normalized spacial score (nSPS) is 17.5. The van der Waals surface area contributed by atoms with Crippen molar-refractivity contribution < 1.29 is 0 Å². The highest BCUT2D eigenvalue weighted by molar-refractivity contribution is 5.79. The summed E-state index contributed by atoms with van der Waals surface area (Å²) < 4.78 is 2.17. The molecule has 23 heavy (non-hydrogen) atoms. The minimum atomic E-state index is 0.844. The highest BCUT2D eigenvalue weighted by atomic mass is 15.3. The number of piperidine rings is 1. The number of aryl methyl sites for hydroxylation is 1. The summed E-state index contributed by atoms with van der Waals surface area (Å²) in [5, 5.41) is 3.42. The summed E-state index contributed by atoms with van der Waals surface area (Å²) in [5.74, 6) is 1.86. The number of aliphatic imine (C=N–C) groups is 1. The van der Waals surface area contributed by atoms with Crippen LogP contribution in [0, 0.1) is 5.92 Å². The number of hydrogen-bond donors (Lipinski definition) is 1. The second-order valence-corrected chi connectivity index (χ2v) is 6.74. The van der Waals surface area contributed by atoms with Crippen LogP contribution in [-0.2, 0) is 13.6 Å². The van der Waals surface area contributed by atoms with Crippen molar-refractivity contribution in [1.82, 2.24) is 19.7 Å². The van der Waals surface area contributed by atoms with Crippen molar-refractivity contribution in [1.29, 1.82) is 0 Å². The molecule has 1 aliphatic rings. The van der Waals surface area contributed by atoms with E-state index in [2.05, 4.69) is 66.1 Å². The van der Waals surface area contributed by atoms with Crippen LogP contribution in [0.15, 0.2) is 23.3 Å². The van der Waals surface area contributed by atoms with E-state index in [9.17, 15) is 0 Å². The Balaban J connectivity index is 1.85. The van der Waals surface area contributed by atoms with Crippen LogP contribution < -0.4 is 5.32 Å². The first kappa shape index (κ1) is 17.9. The molecule has 1 aliphatic heterocycles. The predicted molar refractivity (Wildman–Crippen MR) is 97.7 cm³/mol. The number of likely N-dealkylation sites (tertiary alicyclic amines) is 1. The van der Waals surface area contributed by atoms with Gasteiger partial charge in [0.05, 0.1) is 6.54 Å². The van der Waals surface area contributed by atoms with Gasteiger partial charge < -0.3 is 19.7 Å². The topological polar surface area (TPSA) is 35.8 Å². The molecule has 130 valence electrons. The monoisotopic (exact) mass is 319 g/mol. The van der Waals surface area contributed by atoms with Gasteiger partial charge in [0.1, 0.15) is 0 Å². The smallest absolute Gasteiger partial charge is 0.194 e. The van der Waals surface area contributed by atoms with Gasteiger partial charge >= 0.3 is 0 Å². The lowest BCUT2D eigenvalue weighted by Crippen LogP contribution is -2.39. The summed E-state index contributed by atoms with van der Waals surface area (Å²) in [4.78, 5) is 9.49. The third-order valence-electron chi connectivity index (χ3n) is 4.78. The van der Waals surface area contributed by atoms with Gasteiger partial charge in [0.2, 0.25) is 0 Å². The summed E-state index contributed by atoms with van der Waals surface area (Å²) in [6, 6.07) is 4.26. The van der Waals surface area contributed by atoms with Crippen LogP contribution in [0.4, 0.5) is 0 Å². The van der Waals surface area contributed by atoms with Gasteiger partial charge in [-0.25, -0.2) is 0 Å². The van der Waals surface area contributed by atoms with E-state index < -0.39 is 0 Å². The van der Waals surface area contributed by atoms with Crippen molar-refractivity contribution in [2.75, 3.05) is 40.3 Å². The lowest BCUT2D eigenvalue weighted by molar-refractivity contribution is 0.214. The van der Waals surface area contributed by atoms with E-state index in [1.165, 1.54) is 38.0 Å². The molecule has 0 saturated carbocycles. The molecule has 2 heterocycles. The average molecular weight is 319 g/mol. The number of nitrogens with zero attached hydrogens (tertiary/aromatic N) is 4. The zero-order chi connectivity index (χ0) is 16.7. The molecule has 1 aromatic heterocycles. The Bertz CT molecular complexity index is 485. The van der Waals surface area contributed by atoms with Crippen LogP contribution in [0.2, 0.25) is 0 Å². The van der Waals surface area contributed by atoms with Gasteiger partial charge in [-0.1, -0.05) is 0 Å². The zero-order valence-corrected chi connectivity index (χ0v) is 15.3. The summed E-state index contributed by atoms with van der Waals surface area (Å²) in [5.41, 5.74) is 1.30. The molecule has 0 unspecified atom stereocenters. The van der Waals surface area contributed by atoms with E-state index in [4.69, 9.17) is 4.99 Å². The molecular weight excluding hydrogens is 286 g/mol. The van der Waals surface area contributed by atoms with Crippen LogP contribution in [-0.4, -0.2) is 60.6 Å². The fraction of sp³-hybridized carbons (Fsp3) is 0.722. The standard InChI is InChI=1S/C18H33N5/c1-5-19-18(23(4)15-17-7-6-12-22(17)3)20-11-8-16-9-13-21(2)14-10-16/h6-7,12,16H,5,8-11,13-15H2,1-4H3,(H,19,20). The number of aromatic nitrogens is 1. The van der Waals surface area contributed by atoms with Crippen LogP contribution in [0.25, 0.3) is 0 Å². The van der Waals surface area contributed by atoms with Crippen LogP contribution in [0.3, 0.4) is 0 Å². The minimum Gasteiger partial charge on any atom is -0.357 e. The predicted octanol–water partition coefficient (Wildman–Crippen LogP) is 2.15. The number of rotatable bonds is 6. The van der Waals surface area contributed by atoms with E-state index in [-0.39, 0.29) is 0 Å². The number of nitrogens with one attached hydrogen (secondary N) is 1. The molecule has 0 aromatic carbocycles. The van der Waals surface area contributed by atoms with Crippen LogP contribution in [0.1, 0.15) is 31.9 Å². The third-order valence-corrected chi connectivity index (χ3v) is 4.78. The fourth-order valence-corrected chi connectivity index (χ4v) is 3.15. The molecule has 1 aromatic rings. The van der Waals surface area contributed by atoms with Crippen molar-refractivity contribution in [2.45, 2.75) is 32.7 Å². The summed E-state index contributed by atoms with van der Waals surface area (Å²) in [6.07, 6.45) is 5.94. The maximum absolute atomic E-state index is 4.85. The Morgan fingerprint density at radius 2 is 2.09 bits per heavy atom. The van der Waals surface area contributed by atoms with Crippen LogP contribution >= 0.6 is 0 Å². The van der Waals surface area contributed by atoms with E-state index in [0.717, 1.165) is 31.5 Å². The Labute approximate surface area is 141 Å².